The molecule has 1 saturated heterocycles. The van der Waals surface area contributed by atoms with E-state index in [1.54, 1.807) is 6.08 Å². The zero-order valence-corrected chi connectivity index (χ0v) is 38.8. The summed E-state index contributed by atoms with van der Waals surface area (Å²) >= 11 is 0. The molecule has 1 fully saturated rings. The van der Waals surface area contributed by atoms with E-state index in [0.717, 1.165) is 103 Å². The molecule has 1 aliphatic rings. The van der Waals surface area contributed by atoms with Gasteiger partial charge in [-0.15, -0.1) is 0 Å². The maximum atomic E-state index is 13.0. The highest BCUT2D eigenvalue weighted by atomic mass is 16.7. The third-order valence-corrected chi connectivity index (χ3v) is 10.9. The summed E-state index contributed by atoms with van der Waals surface area (Å²) in [4.78, 5) is 13.0. The molecule has 1 amide bonds. The predicted octanol–water partition coefficient (Wildman–Crippen LogP) is 10.9. The van der Waals surface area contributed by atoms with Crippen LogP contribution in [0.4, 0.5) is 0 Å². The number of hydrogen-bond acceptors (Lipinski definition) is 8. The van der Waals surface area contributed by atoms with Gasteiger partial charge in [-0.3, -0.25) is 4.79 Å². The molecule has 62 heavy (non-hydrogen) atoms. The lowest BCUT2D eigenvalue weighted by Gasteiger charge is -2.40. The van der Waals surface area contributed by atoms with Gasteiger partial charge in [0, 0.05) is 6.42 Å². The predicted molar refractivity (Wildman–Crippen MR) is 258 cm³/mol. The highest BCUT2D eigenvalue weighted by Gasteiger charge is 2.44. The van der Waals surface area contributed by atoms with Crippen LogP contribution in [-0.2, 0) is 14.3 Å². The molecular formula is C53H89NO8. The number of nitrogens with one attached hydrogen (secondary N) is 1. The molecule has 0 aromatic carbocycles. The summed E-state index contributed by atoms with van der Waals surface area (Å²) < 4.78 is 11.2. The van der Waals surface area contributed by atoms with E-state index in [1.165, 1.54) is 51.4 Å². The minimum absolute atomic E-state index is 0.202. The minimum Gasteiger partial charge on any atom is -0.394 e. The number of carbonyl (C=O) groups is 1. The first-order valence-corrected chi connectivity index (χ1v) is 24.5. The number of unbranched alkanes of at least 4 members (excludes halogenated alkanes) is 15. The maximum Gasteiger partial charge on any atom is 0.220 e. The van der Waals surface area contributed by atoms with Crippen molar-refractivity contribution in [3.8, 4) is 0 Å². The van der Waals surface area contributed by atoms with E-state index in [9.17, 15) is 30.3 Å². The van der Waals surface area contributed by atoms with Crippen LogP contribution in [-0.4, -0.2) is 87.5 Å². The lowest BCUT2D eigenvalue weighted by molar-refractivity contribution is -0.302. The van der Waals surface area contributed by atoms with Crippen LogP contribution < -0.4 is 5.32 Å². The van der Waals surface area contributed by atoms with Gasteiger partial charge in [0.05, 0.1) is 25.4 Å². The van der Waals surface area contributed by atoms with E-state index in [1.807, 2.05) is 6.08 Å². The lowest BCUT2D eigenvalue weighted by atomic mass is 9.99. The van der Waals surface area contributed by atoms with Crippen LogP contribution in [0.15, 0.2) is 97.2 Å². The van der Waals surface area contributed by atoms with Crippen LogP contribution in [0.1, 0.15) is 174 Å². The second-order valence-electron chi connectivity index (χ2n) is 16.5. The molecule has 354 valence electrons. The Morgan fingerprint density at radius 2 is 1.00 bits per heavy atom. The molecule has 1 rings (SSSR count). The highest BCUT2D eigenvalue weighted by Crippen LogP contribution is 2.22. The monoisotopic (exact) mass is 868 g/mol. The van der Waals surface area contributed by atoms with Crippen molar-refractivity contribution in [2.24, 2.45) is 0 Å². The molecule has 6 N–H and O–H groups in total. The highest BCUT2D eigenvalue weighted by molar-refractivity contribution is 5.76. The molecule has 7 atom stereocenters. The normalized spacial score (nSPS) is 21.2. The van der Waals surface area contributed by atoms with Gasteiger partial charge in [-0.05, 0) is 77.0 Å². The standard InChI is InChI=1S/C53H89NO8/c1-3-5-7-9-11-13-15-17-18-19-20-21-22-23-24-25-26-27-28-29-30-31-33-35-37-39-41-43-49(57)54-46(45-61-53-52(60)51(59)50(58)48(44-55)62-53)47(56)42-40-38-36-34-32-16-14-12-10-8-6-4-2/h5,7,11,13,17-18,20-21,23-24,26-27,29-30,40,42,46-48,50-53,55-56,58-60H,3-4,6,8-10,12,14-16,19,22,25,28,31-39,41,43-45H2,1-2H3,(H,54,57)/b7-5-,13-11-,18-17-,21-20-,24-23-,27-26-,30-29-,42-40+. The second-order valence-corrected chi connectivity index (χ2v) is 16.5. The molecule has 0 bridgehead atoms. The van der Waals surface area contributed by atoms with E-state index < -0.39 is 49.5 Å². The third kappa shape index (κ3) is 31.9. The minimum atomic E-state index is -1.57. The van der Waals surface area contributed by atoms with Crippen LogP contribution >= 0.6 is 0 Å². The van der Waals surface area contributed by atoms with Gasteiger partial charge in [0.25, 0.3) is 0 Å². The number of aliphatic hydroxyl groups is 5. The molecule has 0 aromatic heterocycles. The van der Waals surface area contributed by atoms with Crippen molar-refractivity contribution in [2.75, 3.05) is 13.2 Å². The Balaban J connectivity index is 2.30. The zero-order chi connectivity index (χ0) is 45.1. The van der Waals surface area contributed by atoms with Crippen LogP contribution in [0, 0.1) is 0 Å². The van der Waals surface area contributed by atoms with Crippen LogP contribution in [0.2, 0.25) is 0 Å². The first kappa shape index (κ1) is 57.1. The Labute approximate surface area is 377 Å². The first-order valence-electron chi connectivity index (χ1n) is 24.5. The van der Waals surface area contributed by atoms with E-state index in [-0.39, 0.29) is 12.5 Å². The molecule has 0 saturated carbocycles. The van der Waals surface area contributed by atoms with Gasteiger partial charge in [-0.25, -0.2) is 0 Å². The molecule has 7 unspecified atom stereocenters. The molecule has 0 spiro atoms. The number of allylic oxidation sites excluding steroid dienone is 15. The van der Waals surface area contributed by atoms with E-state index in [2.05, 4.69) is 104 Å². The Kier molecular flexibility index (Phi) is 38.8. The van der Waals surface area contributed by atoms with E-state index in [0.29, 0.717) is 6.42 Å². The molecule has 9 heteroatoms. The largest absolute Gasteiger partial charge is 0.394 e. The molecule has 9 nitrogen and oxygen atoms in total. The Hall–Kier alpha value is -2.89. The Morgan fingerprint density at radius 1 is 0.565 bits per heavy atom. The number of ether oxygens (including phenoxy) is 2. The van der Waals surface area contributed by atoms with Crippen molar-refractivity contribution < 1.29 is 39.8 Å². The van der Waals surface area contributed by atoms with Crippen molar-refractivity contribution in [3.05, 3.63) is 97.2 Å². The molecule has 1 heterocycles. The molecule has 0 aromatic rings. The van der Waals surface area contributed by atoms with Gasteiger partial charge in [0.1, 0.15) is 24.4 Å². The second kappa shape index (κ2) is 42.1. The van der Waals surface area contributed by atoms with Gasteiger partial charge >= 0.3 is 0 Å². The van der Waals surface area contributed by atoms with Crippen molar-refractivity contribution in [1.29, 1.82) is 0 Å². The summed E-state index contributed by atoms with van der Waals surface area (Å²) in [6, 6.07) is -0.821. The number of amides is 1. The fourth-order valence-corrected chi connectivity index (χ4v) is 7.02. The number of rotatable bonds is 39. The van der Waals surface area contributed by atoms with Crippen LogP contribution in [0.5, 0.6) is 0 Å². The molecule has 1 aliphatic heterocycles. The van der Waals surface area contributed by atoms with Crippen LogP contribution in [0.3, 0.4) is 0 Å². The van der Waals surface area contributed by atoms with Crippen molar-refractivity contribution >= 4 is 5.91 Å². The maximum absolute atomic E-state index is 13.0. The van der Waals surface area contributed by atoms with Crippen molar-refractivity contribution in [2.45, 2.75) is 217 Å². The topological polar surface area (TPSA) is 149 Å². The summed E-state index contributed by atoms with van der Waals surface area (Å²) in [5.41, 5.74) is 0. The summed E-state index contributed by atoms with van der Waals surface area (Å²) in [6.07, 6.45) is 53.1. The molecular weight excluding hydrogens is 779 g/mol. The summed E-state index contributed by atoms with van der Waals surface area (Å²) in [5, 5.41) is 54.2. The van der Waals surface area contributed by atoms with Gasteiger partial charge in [0.2, 0.25) is 5.91 Å². The van der Waals surface area contributed by atoms with Crippen molar-refractivity contribution in [3.63, 3.8) is 0 Å². The molecule has 0 aliphatic carbocycles. The van der Waals surface area contributed by atoms with Gasteiger partial charge in [-0.1, -0.05) is 188 Å². The first-order chi connectivity index (χ1) is 30.3. The number of hydrogen-bond donors (Lipinski definition) is 6. The van der Waals surface area contributed by atoms with E-state index >= 15 is 0 Å². The average Bonchev–Trinajstić information content (AvgIpc) is 3.27. The smallest absolute Gasteiger partial charge is 0.220 e. The summed E-state index contributed by atoms with van der Waals surface area (Å²) in [6.45, 7) is 3.62. The number of aliphatic hydroxyl groups excluding tert-OH is 5. The fraction of sp³-hybridized carbons (Fsp3) is 0.679. The van der Waals surface area contributed by atoms with Gasteiger partial charge in [0.15, 0.2) is 6.29 Å². The number of carbonyl (C=O) groups excluding carboxylic acids is 1. The van der Waals surface area contributed by atoms with Crippen LogP contribution in [0.25, 0.3) is 0 Å². The third-order valence-electron chi connectivity index (χ3n) is 10.9. The van der Waals surface area contributed by atoms with Gasteiger partial charge in [-0.2, -0.15) is 0 Å². The SMILES string of the molecule is CC/C=C\C/C=C\C/C=C\C/C=C\C/C=C\C/C=C\C/C=C\CCCCCCCC(=O)NC(COC1OC(CO)C(O)C(O)C1O)C(O)/C=C/CCCCCCCCCCCC. The average molecular weight is 868 g/mol. The Bertz CT molecular complexity index is 1280. The molecule has 0 radical (unpaired) electrons. The zero-order valence-electron chi connectivity index (χ0n) is 38.8. The Morgan fingerprint density at radius 3 is 1.48 bits per heavy atom. The van der Waals surface area contributed by atoms with E-state index in [4.69, 9.17) is 9.47 Å². The quantitative estimate of drug-likeness (QED) is 0.0264. The lowest BCUT2D eigenvalue weighted by Crippen LogP contribution is -2.60. The van der Waals surface area contributed by atoms with Crippen molar-refractivity contribution in [1.82, 2.24) is 5.32 Å². The fourth-order valence-electron chi connectivity index (χ4n) is 7.02. The summed E-state index contributed by atoms with van der Waals surface area (Å²) in [7, 11) is 0. The summed E-state index contributed by atoms with van der Waals surface area (Å²) in [5.74, 6) is -0.202. The van der Waals surface area contributed by atoms with Gasteiger partial charge < -0.3 is 40.3 Å².